The van der Waals surface area contributed by atoms with Crippen molar-refractivity contribution in [1.29, 1.82) is 0 Å². The number of nitrogens with zero attached hydrogens (tertiary/aromatic N) is 1. The molecular weight excluding hydrogens is 267 g/mol. The Balaban J connectivity index is 2.27. The minimum Gasteiger partial charge on any atom is -0.507 e. The lowest BCUT2D eigenvalue weighted by atomic mass is 10.0. The van der Waals surface area contributed by atoms with Crippen molar-refractivity contribution in [1.82, 2.24) is 10.3 Å². The maximum atomic E-state index is 12.6. The van der Waals surface area contributed by atoms with Crippen molar-refractivity contribution in [2.75, 3.05) is 0 Å². The number of phenols is 1. The molecule has 0 saturated carbocycles. The van der Waals surface area contributed by atoms with E-state index < -0.39 is 6.67 Å². The zero-order valence-electron chi connectivity index (χ0n) is 11.8. The van der Waals surface area contributed by atoms with Gasteiger partial charge in [-0.3, -0.25) is 4.98 Å². The van der Waals surface area contributed by atoms with Crippen molar-refractivity contribution < 1.29 is 9.50 Å². The monoisotopic (exact) mass is 284 g/mol. The standard InChI is InChI=1S/C17H17FN2O/c1-3-19-12(2)8-13-6-7-20-16(9-13)15-5-4-14(11-18)10-17(15)21/h1,4-7,9-10,12,19,21H,8,11H2,2H3. The van der Waals surface area contributed by atoms with Gasteiger partial charge in [0.25, 0.3) is 0 Å². The van der Waals surface area contributed by atoms with Crippen molar-refractivity contribution in [3.63, 3.8) is 0 Å². The second-order valence-electron chi connectivity index (χ2n) is 4.93. The van der Waals surface area contributed by atoms with Gasteiger partial charge >= 0.3 is 0 Å². The molecule has 2 N–H and O–H groups in total. The molecule has 1 atom stereocenters. The van der Waals surface area contributed by atoms with Gasteiger partial charge in [-0.25, -0.2) is 4.39 Å². The van der Waals surface area contributed by atoms with Crippen molar-refractivity contribution in [2.45, 2.75) is 26.1 Å². The van der Waals surface area contributed by atoms with Crippen LogP contribution in [0.1, 0.15) is 18.1 Å². The molecule has 0 aliphatic heterocycles. The minimum atomic E-state index is -0.601. The highest BCUT2D eigenvalue weighted by atomic mass is 19.1. The Morgan fingerprint density at radius 2 is 2.14 bits per heavy atom. The molecule has 108 valence electrons. The molecule has 0 amide bonds. The van der Waals surface area contributed by atoms with E-state index in [0.717, 1.165) is 12.0 Å². The van der Waals surface area contributed by atoms with Crippen LogP contribution in [0.2, 0.25) is 0 Å². The number of hydrogen-bond acceptors (Lipinski definition) is 3. The number of aromatic hydroxyl groups is 1. The topological polar surface area (TPSA) is 45.2 Å². The van der Waals surface area contributed by atoms with Gasteiger partial charge in [-0.2, -0.15) is 0 Å². The number of pyridine rings is 1. The molecule has 1 unspecified atom stereocenters. The number of benzene rings is 1. The summed E-state index contributed by atoms with van der Waals surface area (Å²) in [6.07, 6.45) is 7.66. The predicted molar refractivity (Wildman–Crippen MR) is 81.3 cm³/mol. The van der Waals surface area contributed by atoms with Crippen LogP contribution in [0.5, 0.6) is 5.75 Å². The fraction of sp³-hybridized carbons (Fsp3) is 0.235. The van der Waals surface area contributed by atoms with Gasteiger partial charge in [0.2, 0.25) is 0 Å². The predicted octanol–water partition coefficient (Wildman–Crippen LogP) is 3.04. The molecule has 0 spiro atoms. The molecule has 2 aromatic rings. The fourth-order valence-corrected chi connectivity index (χ4v) is 2.17. The van der Waals surface area contributed by atoms with Gasteiger partial charge < -0.3 is 10.4 Å². The molecule has 0 fully saturated rings. The highest BCUT2D eigenvalue weighted by Crippen LogP contribution is 2.29. The summed E-state index contributed by atoms with van der Waals surface area (Å²) in [4.78, 5) is 4.26. The van der Waals surface area contributed by atoms with Crippen molar-refractivity contribution in [2.24, 2.45) is 0 Å². The largest absolute Gasteiger partial charge is 0.507 e. The van der Waals surface area contributed by atoms with E-state index in [1.807, 2.05) is 19.1 Å². The molecular formula is C17H17FN2O. The first-order chi connectivity index (χ1) is 10.1. The fourth-order valence-electron chi connectivity index (χ4n) is 2.17. The van der Waals surface area contributed by atoms with E-state index in [1.165, 1.54) is 6.07 Å². The third-order valence-corrected chi connectivity index (χ3v) is 3.19. The van der Waals surface area contributed by atoms with Gasteiger partial charge in [-0.05, 0) is 48.7 Å². The molecule has 0 bridgehead atoms. The van der Waals surface area contributed by atoms with E-state index in [4.69, 9.17) is 6.42 Å². The molecule has 0 saturated heterocycles. The Morgan fingerprint density at radius 1 is 1.33 bits per heavy atom. The van der Waals surface area contributed by atoms with Gasteiger partial charge in [0.15, 0.2) is 0 Å². The van der Waals surface area contributed by atoms with Gasteiger partial charge in [0, 0.05) is 23.8 Å². The normalized spacial score (nSPS) is 11.7. The van der Waals surface area contributed by atoms with Crippen molar-refractivity contribution >= 4 is 0 Å². The third kappa shape index (κ3) is 3.73. The van der Waals surface area contributed by atoms with E-state index in [0.29, 0.717) is 16.8 Å². The summed E-state index contributed by atoms with van der Waals surface area (Å²) >= 11 is 0. The minimum absolute atomic E-state index is 0.0320. The number of aromatic nitrogens is 1. The van der Waals surface area contributed by atoms with Crippen LogP contribution < -0.4 is 5.32 Å². The Hall–Kier alpha value is -2.54. The van der Waals surface area contributed by atoms with Crippen LogP contribution in [-0.4, -0.2) is 16.1 Å². The molecule has 1 heterocycles. The molecule has 2 rings (SSSR count). The average molecular weight is 284 g/mol. The van der Waals surface area contributed by atoms with Crippen LogP contribution >= 0.6 is 0 Å². The van der Waals surface area contributed by atoms with Crippen molar-refractivity contribution in [3.8, 4) is 29.5 Å². The smallest absolute Gasteiger partial charge is 0.125 e. The maximum Gasteiger partial charge on any atom is 0.125 e. The molecule has 1 aromatic carbocycles. The van der Waals surface area contributed by atoms with Crippen LogP contribution in [0.15, 0.2) is 36.5 Å². The summed E-state index contributed by atoms with van der Waals surface area (Å²) in [6.45, 7) is 1.39. The number of terminal acetylenes is 1. The van der Waals surface area contributed by atoms with E-state index in [9.17, 15) is 9.50 Å². The van der Waals surface area contributed by atoms with Crippen molar-refractivity contribution in [3.05, 3.63) is 47.7 Å². The Morgan fingerprint density at radius 3 is 2.81 bits per heavy atom. The van der Waals surface area contributed by atoms with E-state index in [-0.39, 0.29) is 11.8 Å². The lowest BCUT2D eigenvalue weighted by molar-refractivity contribution is 0.464. The summed E-state index contributed by atoms with van der Waals surface area (Å²) < 4.78 is 12.6. The first kappa shape index (κ1) is 14.9. The summed E-state index contributed by atoms with van der Waals surface area (Å²) in [5.41, 5.74) is 2.75. The molecule has 4 heteroatoms. The summed E-state index contributed by atoms with van der Waals surface area (Å²) in [7, 11) is 0. The quantitative estimate of drug-likeness (QED) is 0.655. The number of rotatable bonds is 5. The molecule has 0 radical (unpaired) electrons. The molecule has 0 aliphatic carbocycles. The zero-order valence-corrected chi connectivity index (χ0v) is 11.8. The summed E-state index contributed by atoms with van der Waals surface area (Å²) in [5.74, 6) is 0.0320. The number of hydrogen-bond donors (Lipinski definition) is 2. The summed E-state index contributed by atoms with van der Waals surface area (Å²) in [5, 5.41) is 12.9. The lowest BCUT2D eigenvalue weighted by Gasteiger charge is -2.11. The number of nitrogens with one attached hydrogen (secondary N) is 1. The highest BCUT2D eigenvalue weighted by molar-refractivity contribution is 5.67. The van der Waals surface area contributed by atoms with Gasteiger partial charge in [-0.1, -0.05) is 12.5 Å². The molecule has 0 aliphatic rings. The Kier molecular flexibility index (Phi) is 4.78. The molecule has 21 heavy (non-hydrogen) atoms. The van der Waals surface area contributed by atoms with Gasteiger partial charge in [0.1, 0.15) is 12.4 Å². The number of halogens is 1. The van der Waals surface area contributed by atoms with Crippen LogP contribution in [0.3, 0.4) is 0 Å². The van der Waals surface area contributed by atoms with Gasteiger partial charge in [-0.15, -0.1) is 0 Å². The molecule has 3 nitrogen and oxygen atoms in total. The first-order valence-electron chi connectivity index (χ1n) is 6.68. The SMILES string of the molecule is C#CNC(C)Cc1ccnc(-c2ccc(CF)cc2O)c1. The number of phenolic OH excluding ortho intramolecular Hbond substituents is 1. The Labute approximate surface area is 123 Å². The summed E-state index contributed by atoms with van der Waals surface area (Å²) in [6, 6.07) is 11.1. The maximum absolute atomic E-state index is 12.6. The zero-order chi connectivity index (χ0) is 15.2. The second kappa shape index (κ2) is 6.76. The van der Waals surface area contributed by atoms with Crippen LogP contribution in [0.25, 0.3) is 11.3 Å². The van der Waals surface area contributed by atoms with Crippen LogP contribution in [-0.2, 0) is 13.1 Å². The second-order valence-corrected chi connectivity index (χ2v) is 4.93. The van der Waals surface area contributed by atoms with Gasteiger partial charge in [0.05, 0.1) is 5.69 Å². The van der Waals surface area contributed by atoms with Crippen LogP contribution in [0, 0.1) is 12.5 Å². The van der Waals surface area contributed by atoms with E-state index >= 15 is 0 Å². The van der Waals surface area contributed by atoms with E-state index in [1.54, 1.807) is 18.3 Å². The van der Waals surface area contributed by atoms with Crippen LogP contribution in [0.4, 0.5) is 4.39 Å². The average Bonchev–Trinajstić information content (AvgIpc) is 2.47. The number of alkyl halides is 1. The van der Waals surface area contributed by atoms with E-state index in [2.05, 4.69) is 16.3 Å². The third-order valence-electron chi connectivity index (χ3n) is 3.19. The lowest BCUT2D eigenvalue weighted by Crippen LogP contribution is -2.23. The highest BCUT2D eigenvalue weighted by Gasteiger charge is 2.09. The molecule has 1 aromatic heterocycles. The Bertz CT molecular complexity index is 664. The first-order valence-corrected chi connectivity index (χ1v) is 6.68.